The van der Waals surface area contributed by atoms with Crippen molar-refractivity contribution in [2.24, 2.45) is 0 Å². The summed E-state index contributed by atoms with van der Waals surface area (Å²) < 4.78 is 14.4. The highest BCUT2D eigenvalue weighted by atomic mass is 32.3. The largest absolute Gasteiger partial charge is 0.0902 e. The molecule has 1 aliphatic carbocycles. The minimum atomic E-state index is 1.14. The summed E-state index contributed by atoms with van der Waals surface area (Å²) in [5.74, 6) is 0. The van der Waals surface area contributed by atoms with E-state index in [0.717, 1.165) is 12.8 Å². The Hall–Kier alpha value is 1.34. The van der Waals surface area contributed by atoms with Crippen molar-refractivity contribution in [3.05, 3.63) is 112 Å². The predicted octanol–water partition coefficient (Wildman–Crippen LogP) is 13.2. The van der Waals surface area contributed by atoms with E-state index in [-0.39, 0.29) is 0 Å². The van der Waals surface area contributed by atoms with Crippen molar-refractivity contribution >= 4 is 141 Å². The maximum atomic E-state index is 2.38. The molecule has 6 aliphatic heterocycles. The quantitative estimate of drug-likeness (QED) is 0.271. The lowest BCUT2D eigenvalue weighted by Gasteiger charge is -2.16. The van der Waals surface area contributed by atoms with Crippen molar-refractivity contribution < 1.29 is 0 Å². The van der Waals surface area contributed by atoms with Crippen LogP contribution in [0.25, 0.3) is 0 Å². The summed E-state index contributed by atoms with van der Waals surface area (Å²) in [4.78, 5) is 0. The summed E-state index contributed by atoms with van der Waals surface area (Å²) in [5, 5.41) is 8.60. The minimum Gasteiger partial charge on any atom is -0.0902 e. The molecule has 12 heteroatoms. The summed E-state index contributed by atoms with van der Waals surface area (Å²) in [5.41, 5.74) is 3.02. The van der Waals surface area contributed by atoms with Crippen molar-refractivity contribution in [3.8, 4) is 0 Å². The fourth-order valence-corrected chi connectivity index (χ4v) is 19.1. The van der Waals surface area contributed by atoms with Crippen LogP contribution in [0.1, 0.15) is 12.8 Å². The van der Waals surface area contributed by atoms with Crippen molar-refractivity contribution in [2.75, 3.05) is 0 Å². The monoisotopic (exact) mass is 686 g/mol. The van der Waals surface area contributed by atoms with Crippen LogP contribution in [0.2, 0.25) is 0 Å². The molecular formula is C24H14S12. The third-order valence-corrected chi connectivity index (χ3v) is 20.4. The van der Waals surface area contributed by atoms with E-state index in [2.05, 4.69) is 58.1 Å². The molecule has 36 heavy (non-hydrogen) atoms. The molecule has 7 aliphatic rings. The molecule has 0 aromatic heterocycles. The zero-order valence-corrected chi connectivity index (χ0v) is 27.9. The molecule has 0 atom stereocenters. The number of allylic oxidation sites excluding steroid dienone is 8. The Kier molecular flexibility index (Phi) is 8.80. The van der Waals surface area contributed by atoms with E-state index in [1.807, 2.05) is 141 Å². The van der Waals surface area contributed by atoms with Crippen molar-refractivity contribution in [1.29, 1.82) is 0 Å². The first-order chi connectivity index (χ1) is 17.8. The van der Waals surface area contributed by atoms with Crippen molar-refractivity contribution in [1.82, 2.24) is 0 Å². The van der Waals surface area contributed by atoms with Gasteiger partial charge < -0.3 is 0 Å². The van der Waals surface area contributed by atoms with Crippen LogP contribution >= 0.6 is 141 Å². The Labute approximate surface area is 262 Å². The van der Waals surface area contributed by atoms with E-state index >= 15 is 0 Å². The lowest BCUT2D eigenvalue weighted by molar-refractivity contribution is 0.949. The smallest absolute Gasteiger partial charge is 0.0717 e. The maximum absolute atomic E-state index is 2.38. The minimum absolute atomic E-state index is 1.14. The van der Waals surface area contributed by atoms with E-state index in [0.29, 0.717) is 0 Å². The first-order valence-corrected chi connectivity index (χ1v) is 20.7. The molecule has 0 saturated heterocycles. The zero-order valence-electron chi connectivity index (χ0n) is 18.1. The molecule has 0 unspecified atom stereocenters. The molecular weight excluding hydrogens is 673 g/mol. The van der Waals surface area contributed by atoms with Crippen LogP contribution < -0.4 is 0 Å². The molecule has 0 spiro atoms. The Bertz CT molecular complexity index is 1210. The fraction of sp³-hybridized carbons (Fsp3) is 0.0833. The van der Waals surface area contributed by atoms with E-state index in [1.165, 1.54) is 53.5 Å². The van der Waals surface area contributed by atoms with Gasteiger partial charge in [-0.2, -0.15) is 0 Å². The van der Waals surface area contributed by atoms with Gasteiger partial charge in [-0.05, 0) is 69.9 Å². The molecule has 0 bridgehead atoms. The SMILES string of the molecule is C1=CSC(=CC=C2SC3=C(S2)SC(=C2C=CC(=C4SC5=C(SC(=CC=C6SC=CS6)S5)S4)CC2)S3)S1. The summed E-state index contributed by atoms with van der Waals surface area (Å²) in [6.07, 6.45) is 16.1. The Morgan fingerprint density at radius 1 is 0.389 bits per heavy atom. The van der Waals surface area contributed by atoms with Gasteiger partial charge >= 0.3 is 0 Å². The summed E-state index contributed by atoms with van der Waals surface area (Å²) in [6.45, 7) is 0. The molecule has 0 saturated carbocycles. The highest BCUT2D eigenvalue weighted by Gasteiger charge is 2.33. The highest BCUT2D eigenvalue weighted by Crippen LogP contribution is 2.69. The molecule has 7 rings (SSSR count). The van der Waals surface area contributed by atoms with Crippen LogP contribution in [-0.2, 0) is 0 Å². The molecule has 0 amide bonds. The van der Waals surface area contributed by atoms with Gasteiger partial charge in [0, 0.05) is 8.47 Å². The molecule has 6 heterocycles. The van der Waals surface area contributed by atoms with Gasteiger partial charge in [0.2, 0.25) is 0 Å². The predicted molar refractivity (Wildman–Crippen MR) is 188 cm³/mol. The van der Waals surface area contributed by atoms with E-state index < -0.39 is 0 Å². The number of thioether (sulfide) groups is 12. The van der Waals surface area contributed by atoms with Crippen molar-refractivity contribution in [3.63, 3.8) is 0 Å². The highest BCUT2D eigenvalue weighted by molar-refractivity contribution is 8.49. The molecule has 0 N–H and O–H groups in total. The normalized spacial score (nSPS) is 24.9. The summed E-state index contributed by atoms with van der Waals surface area (Å²) in [7, 11) is 0. The average Bonchev–Trinajstić information content (AvgIpc) is 3.71. The lowest BCUT2D eigenvalue weighted by atomic mass is 10.00. The van der Waals surface area contributed by atoms with E-state index in [1.54, 1.807) is 0 Å². The molecule has 0 aromatic carbocycles. The van der Waals surface area contributed by atoms with Crippen LogP contribution in [0.4, 0.5) is 0 Å². The zero-order chi connectivity index (χ0) is 23.9. The standard InChI is InChI=1S/C24H14S12/c1-2-14(20-35-23-24(36-20)32-18(31-23)8-6-16-27-11-12-28-16)4-3-13(1)19-33-21-22(34-19)30-17(29-21)7-5-15-25-9-10-26-15/h1-2,5-12H,3-4H2. The van der Waals surface area contributed by atoms with Gasteiger partial charge in [-0.25, -0.2) is 0 Å². The Morgan fingerprint density at radius 3 is 1.06 bits per heavy atom. The third kappa shape index (κ3) is 6.00. The second-order valence-electron chi connectivity index (χ2n) is 7.38. The summed E-state index contributed by atoms with van der Waals surface area (Å²) in [6, 6.07) is 0. The number of hydrogen-bond donors (Lipinski definition) is 0. The van der Waals surface area contributed by atoms with E-state index in [9.17, 15) is 0 Å². The molecule has 0 fully saturated rings. The Morgan fingerprint density at radius 2 is 0.722 bits per heavy atom. The van der Waals surface area contributed by atoms with Crippen LogP contribution in [0.3, 0.4) is 0 Å². The number of rotatable bonds is 2. The van der Waals surface area contributed by atoms with Crippen LogP contribution in [0.15, 0.2) is 112 Å². The van der Waals surface area contributed by atoms with Gasteiger partial charge in [-0.3, -0.25) is 0 Å². The second kappa shape index (κ2) is 12.1. The average molecular weight is 687 g/mol. The first-order valence-electron chi connectivity index (χ1n) is 10.6. The Balaban J connectivity index is 0.952. The maximum Gasteiger partial charge on any atom is 0.0717 e. The van der Waals surface area contributed by atoms with Gasteiger partial charge in [-0.1, -0.05) is 153 Å². The molecule has 182 valence electrons. The van der Waals surface area contributed by atoms with Gasteiger partial charge in [0.1, 0.15) is 0 Å². The van der Waals surface area contributed by atoms with Gasteiger partial charge in [0.05, 0.1) is 33.9 Å². The molecule has 0 nitrogen and oxygen atoms in total. The topological polar surface area (TPSA) is 0 Å². The number of hydrogen-bond acceptors (Lipinski definition) is 12. The van der Waals surface area contributed by atoms with Crippen LogP contribution in [0.5, 0.6) is 0 Å². The van der Waals surface area contributed by atoms with Gasteiger partial charge in [-0.15, -0.1) is 0 Å². The van der Waals surface area contributed by atoms with Gasteiger partial charge in [0.15, 0.2) is 0 Å². The lowest BCUT2D eigenvalue weighted by Crippen LogP contribution is -1.93. The van der Waals surface area contributed by atoms with E-state index in [4.69, 9.17) is 0 Å². The fourth-order valence-electron chi connectivity index (χ4n) is 3.44. The van der Waals surface area contributed by atoms with Crippen LogP contribution in [0, 0.1) is 0 Å². The van der Waals surface area contributed by atoms with Crippen molar-refractivity contribution in [2.45, 2.75) is 12.8 Å². The molecule has 0 radical (unpaired) electrons. The third-order valence-electron chi connectivity index (χ3n) is 5.08. The molecule has 0 aromatic rings. The summed E-state index contributed by atoms with van der Waals surface area (Å²) >= 11 is 22.9. The second-order valence-corrected chi connectivity index (χ2v) is 22.0. The first kappa shape index (κ1) is 26.3. The van der Waals surface area contributed by atoms with Gasteiger partial charge in [0.25, 0.3) is 0 Å². The van der Waals surface area contributed by atoms with Crippen LogP contribution in [-0.4, -0.2) is 0 Å².